The number of nitrogens with zero attached hydrogens (tertiary/aromatic N) is 1. The molecule has 134 valence electrons. The minimum atomic E-state index is -3.66. The number of benzene rings is 3. The van der Waals surface area contributed by atoms with Crippen molar-refractivity contribution >= 4 is 10.0 Å². The quantitative estimate of drug-likeness (QED) is 0.482. The third kappa shape index (κ3) is 3.32. The lowest BCUT2D eigenvalue weighted by atomic mass is 9.99. The monoisotopic (exact) mass is 373 g/mol. The molecule has 0 saturated carbocycles. The summed E-state index contributed by atoms with van der Waals surface area (Å²) in [7, 11) is -3.66. The summed E-state index contributed by atoms with van der Waals surface area (Å²) in [4.78, 5) is 0.280. The molecule has 0 bridgehead atoms. The summed E-state index contributed by atoms with van der Waals surface area (Å²) in [6.07, 6.45) is 3.40. The first-order valence-electron chi connectivity index (χ1n) is 8.71. The van der Waals surface area contributed by atoms with Crippen molar-refractivity contribution in [2.45, 2.75) is 11.8 Å². The molecule has 0 amide bonds. The largest absolute Gasteiger partial charge is 0.267 e. The lowest BCUT2D eigenvalue weighted by Gasteiger charge is -2.05. The molecule has 3 nitrogen and oxygen atoms in total. The SMILES string of the molecule is Cc1ccc(S(=O)(=O)n2cc(-c3ccccc3)c(-c3ccccc3)c2)cc1. The van der Waals surface area contributed by atoms with E-state index in [1.54, 1.807) is 24.5 Å². The van der Waals surface area contributed by atoms with Gasteiger partial charge < -0.3 is 0 Å². The first-order chi connectivity index (χ1) is 13.1. The predicted octanol–water partition coefficient (Wildman–Crippen LogP) is 5.37. The van der Waals surface area contributed by atoms with Crippen molar-refractivity contribution in [2.75, 3.05) is 0 Å². The molecule has 0 spiro atoms. The number of hydrogen-bond acceptors (Lipinski definition) is 2. The smallest absolute Gasteiger partial charge is 0.248 e. The fourth-order valence-corrected chi connectivity index (χ4v) is 4.31. The summed E-state index contributed by atoms with van der Waals surface area (Å²) in [6, 6.07) is 26.6. The molecule has 1 aromatic heterocycles. The Morgan fingerprint density at radius 1 is 0.630 bits per heavy atom. The van der Waals surface area contributed by atoms with E-state index in [4.69, 9.17) is 0 Å². The van der Waals surface area contributed by atoms with Crippen LogP contribution in [-0.2, 0) is 10.0 Å². The molecule has 0 radical (unpaired) electrons. The third-order valence-corrected chi connectivity index (χ3v) is 6.20. The predicted molar refractivity (Wildman–Crippen MR) is 109 cm³/mol. The van der Waals surface area contributed by atoms with E-state index in [1.165, 1.54) is 3.97 Å². The summed E-state index contributed by atoms with van der Waals surface area (Å²) in [5.74, 6) is 0. The summed E-state index contributed by atoms with van der Waals surface area (Å²) in [5.41, 5.74) is 4.76. The maximum Gasteiger partial charge on any atom is 0.267 e. The average Bonchev–Trinajstić information content (AvgIpc) is 3.16. The van der Waals surface area contributed by atoms with Gasteiger partial charge in [0, 0.05) is 23.5 Å². The van der Waals surface area contributed by atoms with E-state index in [9.17, 15) is 8.42 Å². The van der Waals surface area contributed by atoms with Gasteiger partial charge in [0.05, 0.1) is 4.90 Å². The van der Waals surface area contributed by atoms with Gasteiger partial charge in [-0.05, 0) is 30.2 Å². The molecule has 0 aliphatic carbocycles. The highest BCUT2D eigenvalue weighted by Crippen LogP contribution is 2.34. The Bertz CT molecular complexity index is 1100. The van der Waals surface area contributed by atoms with Gasteiger partial charge in [0.2, 0.25) is 0 Å². The van der Waals surface area contributed by atoms with E-state index in [0.717, 1.165) is 27.8 Å². The van der Waals surface area contributed by atoms with Crippen molar-refractivity contribution in [2.24, 2.45) is 0 Å². The molecule has 0 aliphatic rings. The summed E-state index contributed by atoms with van der Waals surface area (Å²) >= 11 is 0. The highest BCUT2D eigenvalue weighted by atomic mass is 32.2. The van der Waals surface area contributed by atoms with Crippen LogP contribution in [0, 0.1) is 6.92 Å². The van der Waals surface area contributed by atoms with Crippen LogP contribution >= 0.6 is 0 Å². The molecule has 4 rings (SSSR count). The molecule has 27 heavy (non-hydrogen) atoms. The molecule has 0 atom stereocenters. The van der Waals surface area contributed by atoms with Crippen LogP contribution in [0.5, 0.6) is 0 Å². The van der Waals surface area contributed by atoms with Gasteiger partial charge in [0.1, 0.15) is 0 Å². The maximum atomic E-state index is 13.1. The molecular formula is C23H19NO2S. The number of aryl methyl sites for hydroxylation is 1. The number of hydrogen-bond donors (Lipinski definition) is 0. The molecule has 4 heteroatoms. The van der Waals surface area contributed by atoms with Gasteiger partial charge in [-0.1, -0.05) is 78.4 Å². The van der Waals surface area contributed by atoms with Crippen molar-refractivity contribution in [3.63, 3.8) is 0 Å². The zero-order chi connectivity index (χ0) is 18.9. The van der Waals surface area contributed by atoms with Crippen molar-refractivity contribution in [3.8, 4) is 22.3 Å². The summed E-state index contributed by atoms with van der Waals surface area (Å²) in [5, 5.41) is 0. The summed E-state index contributed by atoms with van der Waals surface area (Å²) in [6.45, 7) is 1.94. The van der Waals surface area contributed by atoms with Crippen LogP contribution in [0.25, 0.3) is 22.3 Å². The second kappa shape index (κ2) is 6.89. The highest BCUT2D eigenvalue weighted by molar-refractivity contribution is 7.90. The number of aromatic nitrogens is 1. The zero-order valence-corrected chi connectivity index (χ0v) is 15.7. The van der Waals surface area contributed by atoms with E-state index in [-0.39, 0.29) is 4.90 Å². The average molecular weight is 373 g/mol. The van der Waals surface area contributed by atoms with Gasteiger partial charge in [-0.3, -0.25) is 0 Å². The number of rotatable bonds is 4. The molecule has 4 aromatic rings. The first kappa shape index (κ1) is 17.3. The fourth-order valence-electron chi connectivity index (χ4n) is 3.10. The minimum absolute atomic E-state index is 0.280. The maximum absolute atomic E-state index is 13.1. The normalized spacial score (nSPS) is 11.4. The second-order valence-electron chi connectivity index (χ2n) is 6.47. The fraction of sp³-hybridized carbons (Fsp3) is 0.0435. The van der Waals surface area contributed by atoms with Crippen LogP contribution in [0.1, 0.15) is 5.56 Å². The van der Waals surface area contributed by atoms with Crippen LogP contribution in [0.4, 0.5) is 0 Å². The lowest BCUT2D eigenvalue weighted by molar-refractivity contribution is 0.587. The Balaban J connectivity index is 1.91. The Hall–Kier alpha value is -3.11. The molecule has 0 fully saturated rings. The van der Waals surface area contributed by atoms with Crippen molar-refractivity contribution in [1.82, 2.24) is 3.97 Å². The van der Waals surface area contributed by atoms with Crippen molar-refractivity contribution in [3.05, 3.63) is 103 Å². The zero-order valence-electron chi connectivity index (χ0n) is 14.9. The van der Waals surface area contributed by atoms with E-state index >= 15 is 0 Å². The second-order valence-corrected chi connectivity index (χ2v) is 8.31. The Morgan fingerprint density at radius 3 is 1.52 bits per heavy atom. The first-order valence-corrected chi connectivity index (χ1v) is 10.1. The van der Waals surface area contributed by atoms with Crippen LogP contribution < -0.4 is 0 Å². The third-order valence-electron chi connectivity index (χ3n) is 4.57. The Labute approximate surface area is 159 Å². The van der Waals surface area contributed by atoms with Gasteiger partial charge in [-0.2, -0.15) is 0 Å². The molecule has 0 N–H and O–H groups in total. The highest BCUT2D eigenvalue weighted by Gasteiger charge is 2.20. The van der Waals surface area contributed by atoms with Crippen molar-refractivity contribution < 1.29 is 8.42 Å². The molecule has 0 aliphatic heterocycles. The van der Waals surface area contributed by atoms with Crippen LogP contribution in [-0.4, -0.2) is 12.4 Å². The van der Waals surface area contributed by atoms with E-state index in [1.807, 2.05) is 79.7 Å². The van der Waals surface area contributed by atoms with E-state index in [0.29, 0.717) is 0 Å². The van der Waals surface area contributed by atoms with Crippen LogP contribution in [0.3, 0.4) is 0 Å². The Kier molecular flexibility index (Phi) is 4.42. The lowest BCUT2D eigenvalue weighted by Crippen LogP contribution is -2.10. The molecule has 1 heterocycles. The van der Waals surface area contributed by atoms with Gasteiger partial charge in [-0.25, -0.2) is 12.4 Å². The molecule has 0 unspecified atom stereocenters. The molecule has 0 saturated heterocycles. The van der Waals surface area contributed by atoms with E-state index < -0.39 is 10.0 Å². The summed E-state index contributed by atoms with van der Waals surface area (Å²) < 4.78 is 27.6. The molecule has 3 aromatic carbocycles. The van der Waals surface area contributed by atoms with Gasteiger partial charge in [0.25, 0.3) is 10.0 Å². The van der Waals surface area contributed by atoms with E-state index in [2.05, 4.69) is 0 Å². The van der Waals surface area contributed by atoms with Crippen LogP contribution in [0.15, 0.2) is 102 Å². The standard InChI is InChI=1S/C23H19NO2S/c1-18-12-14-21(15-13-18)27(25,26)24-16-22(19-8-4-2-5-9-19)23(17-24)20-10-6-3-7-11-20/h2-17H,1H3. The molecular weight excluding hydrogens is 354 g/mol. The van der Waals surface area contributed by atoms with Gasteiger partial charge in [0.15, 0.2) is 0 Å². The van der Waals surface area contributed by atoms with Gasteiger partial charge in [-0.15, -0.1) is 0 Å². The van der Waals surface area contributed by atoms with Crippen LogP contribution in [0.2, 0.25) is 0 Å². The van der Waals surface area contributed by atoms with Gasteiger partial charge >= 0.3 is 0 Å². The van der Waals surface area contributed by atoms with Crippen molar-refractivity contribution in [1.29, 1.82) is 0 Å². The minimum Gasteiger partial charge on any atom is -0.248 e. The topological polar surface area (TPSA) is 39.1 Å². The Morgan fingerprint density at radius 2 is 1.07 bits per heavy atom.